The van der Waals surface area contributed by atoms with Crippen molar-refractivity contribution in [2.75, 3.05) is 5.32 Å². The summed E-state index contributed by atoms with van der Waals surface area (Å²) in [6.07, 6.45) is 8.07. The van der Waals surface area contributed by atoms with Crippen LogP contribution in [-0.2, 0) is 4.79 Å². The molecular weight excluding hydrogens is 328 g/mol. The minimum atomic E-state index is -0.582. The summed E-state index contributed by atoms with van der Waals surface area (Å²) >= 11 is 0. The van der Waals surface area contributed by atoms with Crippen LogP contribution in [0.15, 0.2) is 54.6 Å². The fraction of sp³-hybridized carbons (Fsp3) is 0.238. The number of benzene rings is 2. The van der Waals surface area contributed by atoms with Gasteiger partial charge in [-0.1, -0.05) is 24.3 Å². The van der Waals surface area contributed by atoms with Crippen LogP contribution in [0.1, 0.15) is 41.6 Å². The Balaban J connectivity index is 1.64. The number of anilines is 1. The van der Waals surface area contributed by atoms with Crippen molar-refractivity contribution in [3.8, 4) is 5.75 Å². The van der Waals surface area contributed by atoms with Crippen molar-refractivity contribution in [1.82, 2.24) is 0 Å². The molecule has 5 heteroatoms. The Morgan fingerprint density at radius 1 is 1.08 bits per heavy atom. The second kappa shape index (κ2) is 8.34. The van der Waals surface area contributed by atoms with Gasteiger partial charge in [0.1, 0.15) is 5.75 Å². The Hall–Kier alpha value is -3.08. The topological polar surface area (TPSA) is 81.4 Å². The lowest BCUT2D eigenvalue weighted by molar-refractivity contribution is -0.111. The summed E-state index contributed by atoms with van der Waals surface area (Å²) in [5.74, 6) is -0.0963. The van der Waals surface area contributed by atoms with Crippen LogP contribution in [0.2, 0.25) is 0 Å². The van der Waals surface area contributed by atoms with E-state index in [2.05, 4.69) is 5.32 Å². The van der Waals surface area contributed by atoms with E-state index in [1.54, 1.807) is 30.3 Å². The molecule has 0 saturated heterocycles. The Labute approximate surface area is 152 Å². The molecule has 0 unspecified atom stereocenters. The summed E-state index contributed by atoms with van der Waals surface area (Å²) in [6.45, 7) is 0. The number of primary amides is 1. The quantitative estimate of drug-likeness (QED) is 0.778. The van der Waals surface area contributed by atoms with Crippen LogP contribution >= 0.6 is 0 Å². The smallest absolute Gasteiger partial charge is 0.250 e. The number of hydrogen-bond acceptors (Lipinski definition) is 3. The predicted molar refractivity (Wildman–Crippen MR) is 102 cm³/mol. The molecule has 1 saturated carbocycles. The molecule has 0 heterocycles. The predicted octanol–water partition coefficient (Wildman–Crippen LogP) is 3.76. The van der Waals surface area contributed by atoms with Crippen LogP contribution in [0, 0.1) is 0 Å². The molecule has 1 aliphatic rings. The summed E-state index contributed by atoms with van der Waals surface area (Å²) in [6, 6.07) is 14.3. The van der Waals surface area contributed by atoms with Crippen molar-refractivity contribution in [2.24, 2.45) is 5.73 Å². The van der Waals surface area contributed by atoms with Crippen LogP contribution in [0.25, 0.3) is 6.08 Å². The van der Waals surface area contributed by atoms with Gasteiger partial charge in [-0.15, -0.1) is 0 Å². The third kappa shape index (κ3) is 4.72. The van der Waals surface area contributed by atoms with Crippen LogP contribution in [0.5, 0.6) is 5.75 Å². The number of nitrogens with two attached hydrogens (primary N) is 1. The summed E-state index contributed by atoms with van der Waals surface area (Å²) in [7, 11) is 0. The zero-order chi connectivity index (χ0) is 18.4. The van der Waals surface area contributed by atoms with E-state index in [-0.39, 0.29) is 11.5 Å². The highest BCUT2D eigenvalue weighted by Gasteiger charge is 2.16. The van der Waals surface area contributed by atoms with Gasteiger partial charge in [0.15, 0.2) is 0 Å². The summed E-state index contributed by atoms with van der Waals surface area (Å²) in [5.41, 5.74) is 6.87. The number of rotatable bonds is 6. The SMILES string of the molecule is NC(=O)c1ccccc1NC(=O)C=Cc1cccc(OC2CCCC2)c1. The highest BCUT2D eigenvalue weighted by atomic mass is 16.5. The highest BCUT2D eigenvalue weighted by Crippen LogP contribution is 2.25. The largest absolute Gasteiger partial charge is 0.490 e. The average Bonchev–Trinajstić information content (AvgIpc) is 3.13. The first-order chi connectivity index (χ1) is 12.6. The van der Waals surface area contributed by atoms with Gasteiger partial charge in [-0.3, -0.25) is 9.59 Å². The number of ether oxygens (including phenoxy) is 1. The molecule has 26 heavy (non-hydrogen) atoms. The van der Waals surface area contributed by atoms with Gasteiger partial charge in [0.05, 0.1) is 17.4 Å². The number of amides is 2. The summed E-state index contributed by atoms with van der Waals surface area (Å²) in [4.78, 5) is 23.5. The van der Waals surface area contributed by atoms with Crippen molar-refractivity contribution in [3.63, 3.8) is 0 Å². The monoisotopic (exact) mass is 350 g/mol. The normalized spacial score (nSPS) is 14.5. The first-order valence-electron chi connectivity index (χ1n) is 8.76. The fourth-order valence-electron chi connectivity index (χ4n) is 3.04. The van der Waals surface area contributed by atoms with E-state index < -0.39 is 5.91 Å². The van der Waals surface area contributed by atoms with Gasteiger partial charge < -0.3 is 15.8 Å². The molecule has 0 bridgehead atoms. The summed E-state index contributed by atoms with van der Waals surface area (Å²) < 4.78 is 5.97. The van der Waals surface area contributed by atoms with Gasteiger partial charge in [0.25, 0.3) is 5.91 Å². The number of carbonyl (C=O) groups is 2. The highest BCUT2D eigenvalue weighted by molar-refractivity contribution is 6.07. The van der Waals surface area contributed by atoms with Crippen LogP contribution in [-0.4, -0.2) is 17.9 Å². The molecule has 5 nitrogen and oxygen atoms in total. The molecule has 0 aliphatic heterocycles. The number of nitrogens with one attached hydrogen (secondary N) is 1. The molecule has 0 atom stereocenters. The molecule has 3 N–H and O–H groups in total. The van der Waals surface area contributed by atoms with Gasteiger partial charge >= 0.3 is 0 Å². The molecule has 3 rings (SSSR count). The number of para-hydroxylation sites is 1. The average molecular weight is 350 g/mol. The Morgan fingerprint density at radius 2 is 1.85 bits per heavy atom. The van der Waals surface area contributed by atoms with Gasteiger partial charge in [-0.2, -0.15) is 0 Å². The lowest BCUT2D eigenvalue weighted by Gasteiger charge is -2.13. The summed E-state index contributed by atoms with van der Waals surface area (Å²) in [5, 5.41) is 2.68. The first kappa shape index (κ1) is 17.7. The van der Waals surface area contributed by atoms with E-state index in [9.17, 15) is 9.59 Å². The molecule has 2 amide bonds. The zero-order valence-electron chi connectivity index (χ0n) is 14.5. The molecule has 2 aromatic carbocycles. The van der Waals surface area contributed by atoms with E-state index in [1.165, 1.54) is 18.9 Å². The Kier molecular flexibility index (Phi) is 5.69. The van der Waals surface area contributed by atoms with Gasteiger partial charge in [0.2, 0.25) is 5.91 Å². The standard InChI is InChI=1S/C21H22N2O3/c22-21(25)18-10-3-4-11-19(18)23-20(24)13-12-15-6-5-9-17(14-15)26-16-7-1-2-8-16/h3-6,9-14,16H,1-2,7-8H2,(H2,22,25)(H,23,24). The second-order valence-corrected chi connectivity index (χ2v) is 6.33. The van der Waals surface area contributed by atoms with Crippen LogP contribution in [0.3, 0.4) is 0 Å². The third-order valence-electron chi connectivity index (χ3n) is 4.34. The molecule has 1 fully saturated rings. The van der Waals surface area contributed by atoms with E-state index in [4.69, 9.17) is 10.5 Å². The maximum atomic E-state index is 12.1. The maximum absolute atomic E-state index is 12.1. The first-order valence-corrected chi connectivity index (χ1v) is 8.76. The Morgan fingerprint density at radius 3 is 2.62 bits per heavy atom. The van der Waals surface area contributed by atoms with Crippen molar-refractivity contribution in [1.29, 1.82) is 0 Å². The van der Waals surface area contributed by atoms with E-state index in [0.717, 1.165) is 24.2 Å². The van der Waals surface area contributed by atoms with Crippen molar-refractivity contribution >= 4 is 23.6 Å². The molecular formula is C21H22N2O3. The van der Waals surface area contributed by atoms with Gasteiger partial charge in [-0.05, 0) is 61.6 Å². The van der Waals surface area contributed by atoms with Crippen LogP contribution in [0.4, 0.5) is 5.69 Å². The lowest BCUT2D eigenvalue weighted by atomic mass is 10.1. The van der Waals surface area contributed by atoms with E-state index in [0.29, 0.717) is 11.8 Å². The number of carbonyl (C=O) groups excluding carboxylic acids is 2. The molecule has 2 aromatic rings. The zero-order valence-corrected chi connectivity index (χ0v) is 14.5. The van der Waals surface area contributed by atoms with Crippen molar-refractivity contribution in [3.05, 3.63) is 65.7 Å². The van der Waals surface area contributed by atoms with E-state index in [1.807, 2.05) is 24.3 Å². The Bertz CT molecular complexity index is 824. The van der Waals surface area contributed by atoms with Crippen molar-refractivity contribution < 1.29 is 14.3 Å². The third-order valence-corrected chi connectivity index (χ3v) is 4.34. The second-order valence-electron chi connectivity index (χ2n) is 6.33. The van der Waals surface area contributed by atoms with Gasteiger partial charge in [0, 0.05) is 6.08 Å². The minimum Gasteiger partial charge on any atom is -0.490 e. The van der Waals surface area contributed by atoms with E-state index >= 15 is 0 Å². The maximum Gasteiger partial charge on any atom is 0.250 e. The van der Waals surface area contributed by atoms with Crippen LogP contribution < -0.4 is 15.8 Å². The molecule has 0 aromatic heterocycles. The lowest BCUT2D eigenvalue weighted by Crippen LogP contribution is -2.16. The minimum absolute atomic E-state index is 0.279. The number of hydrogen-bond donors (Lipinski definition) is 2. The fourth-order valence-corrected chi connectivity index (χ4v) is 3.04. The van der Waals surface area contributed by atoms with Gasteiger partial charge in [-0.25, -0.2) is 0 Å². The van der Waals surface area contributed by atoms with Crippen molar-refractivity contribution in [2.45, 2.75) is 31.8 Å². The molecule has 0 radical (unpaired) electrons. The molecule has 1 aliphatic carbocycles. The molecule has 134 valence electrons. The molecule has 0 spiro atoms.